The zero-order chi connectivity index (χ0) is 5.98. The first-order chi connectivity index (χ1) is 3.80. The molecular formula is C5H9NSn2. The molecule has 3 heteroatoms. The van der Waals surface area contributed by atoms with E-state index >= 15 is 0 Å². The van der Waals surface area contributed by atoms with Crippen molar-refractivity contribution < 1.29 is 0 Å². The molecule has 0 spiro atoms. The summed E-state index contributed by atoms with van der Waals surface area (Å²) in [6.07, 6.45) is 1.89. The number of nitrogens with zero attached hydrogens (tertiary/aromatic N) is 1. The fourth-order valence-electron chi connectivity index (χ4n) is 0.565. The average Bonchev–Trinajstić information content (AvgIpc) is 1.77. The molecule has 0 saturated carbocycles. The Labute approximate surface area is 75.1 Å². The Balaban J connectivity index is 3.13. The van der Waals surface area contributed by atoms with Gasteiger partial charge in [0.15, 0.2) is 0 Å². The molecule has 1 aromatic heterocycles. The molecule has 1 aromatic rings. The summed E-state index contributed by atoms with van der Waals surface area (Å²) in [5, 5.41) is 0. The van der Waals surface area contributed by atoms with Crippen molar-refractivity contribution in [3.63, 3.8) is 0 Å². The molecule has 0 aliphatic heterocycles. The van der Waals surface area contributed by atoms with Crippen LogP contribution in [0.25, 0.3) is 0 Å². The number of hydrogen-bond donors (Lipinski definition) is 0. The van der Waals surface area contributed by atoms with Crippen LogP contribution < -0.4 is 7.29 Å². The maximum absolute atomic E-state index is 4.22. The van der Waals surface area contributed by atoms with Gasteiger partial charge in [-0.05, 0) is 0 Å². The van der Waals surface area contributed by atoms with Crippen LogP contribution in [0.5, 0.6) is 0 Å². The summed E-state index contributed by atoms with van der Waals surface area (Å²) in [6.45, 7) is 0. The van der Waals surface area contributed by atoms with Crippen LogP contribution in [0.1, 0.15) is 0 Å². The summed E-state index contributed by atoms with van der Waals surface area (Å²) in [5.74, 6) is 0. The molecule has 1 nitrogen and oxygen atoms in total. The van der Waals surface area contributed by atoms with Crippen LogP contribution >= 0.6 is 0 Å². The van der Waals surface area contributed by atoms with E-state index in [2.05, 4.69) is 11.1 Å². The number of hydrogen-bond acceptors (Lipinski definition) is 1. The molecule has 0 radical (unpaired) electrons. The second kappa shape index (κ2) is 3.05. The second-order valence-electron chi connectivity index (χ2n) is 1.91. The molecule has 0 aliphatic rings. The Hall–Kier alpha value is 0.747. The topological polar surface area (TPSA) is 12.9 Å². The SMILES string of the molecule is [SnH3][c]1cccn[c]1[SnH3]. The third kappa shape index (κ3) is 1.62. The van der Waals surface area contributed by atoms with Crippen LogP contribution in [-0.4, -0.2) is 50.0 Å². The third-order valence-electron chi connectivity index (χ3n) is 1.27. The van der Waals surface area contributed by atoms with Crippen molar-refractivity contribution >= 4 is 52.3 Å². The van der Waals surface area contributed by atoms with E-state index in [0.29, 0.717) is 45.0 Å². The van der Waals surface area contributed by atoms with Gasteiger partial charge in [0.2, 0.25) is 0 Å². The van der Waals surface area contributed by atoms with Crippen molar-refractivity contribution in [2.75, 3.05) is 0 Å². The van der Waals surface area contributed by atoms with Gasteiger partial charge in [-0.2, -0.15) is 0 Å². The molecule has 0 aromatic carbocycles. The van der Waals surface area contributed by atoms with Crippen molar-refractivity contribution in [3.05, 3.63) is 18.3 Å². The molecule has 0 N–H and O–H groups in total. The van der Waals surface area contributed by atoms with E-state index in [1.54, 1.807) is 3.58 Å². The van der Waals surface area contributed by atoms with Gasteiger partial charge in [-0.15, -0.1) is 0 Å². The van der Waals surface area contributed by atoms with E-state index in [9.17, 15) is 0 Å². The molecule has 0 saturated heterocycles. The van der Waals surface area contributed by atoms with Gasteiger partial charge in [0.1, 0.15) is 0 Å². The first-order valence-electron chi connectivity index (χ1n) is 2.69. The average molecular weight is 321 g/mol. The fraction of sp³-hybridized carbons (Fsp3) is 0. The summed E-state index contributed by atoms with van der Waals surface area (Å²) < 4.78 is 2.98. The Morgan fingerprint density at radius 2 is 2.12 bits per heavy atom. The Bertz CT molecular complexity index is 167. The van der Waals surface area contributed by atoms with Crippen LogP contribution in [0.15, 0.2) is 18.3 Å². The van der Waals surface area contributed by atoms with E-state index in [0.717, 1.165) is 0 Å². The van der Waals surface area contributed by atoms with Gasteiger partial charge in [0.05, 0.1) is 0 Å². The molecule has 0 bridgehead atoms. The third-order valence-corrected chi connectivity index (χ3v) is 15.4. The van der Waals surface area contributed by atoms with Gasteiger partial charge in [-0.25, -0.2) is 0 Å². The maximum atomic E-state index is 4.22. The molecular weight excluding hydrogens is 311 g/mol. The van der Waals surface area contributed by atoms with Crippen LogP contribution in [0, 0.1) is 0 Å². The number of rotatable bonds is 0. The van der Waals surface area contributed by atoms with Crippen LogP contribution in [-0.2, 0) is 0 Å². The molecule has 0 aliphatic carbocycles. The standard InChI is InChI=1S/C5H3N.2Sn.6H/c1-2-4-6-5-3-1;;;;;;;;/h1-2,4H;;;;;;;;. The van der Waals surface area contributed by atoms with Crippen LogP contribution in [0.2, 0.25) is 0 Å². The minimum atomic E-state index is 0.634. The molecule has 0 fully saturated rings. The van der Waals surface area contributed by atoms with E-state index in [-0.39, 0.29) is 0 Å². The van der Waals surface area contributed by atoms with Crippen molar-refractivity contribution in [1.82, 2.24) is 4.98 Å². The zero-order valence-electron chi connectivity index (χ0n) is 5.18. The number of aromatic nitrogens is 1. The Morgan fingerprint density at radius 1 is 1.38 bits per heavy atom. The molecule has 1 heterocycles. The minimum absolute atomic E-state index is 0.634. The van der Waals surface area contributed by atoms with Crippen molar-refractivity contribution in [2.45, 2.75) is 0 Å². The Morgan fingerprint density at radius 3 is 2.50 bits per heavy atom. The van der Waals surface area contributed by atoms with Gasteiger partial charge in [-0.3, -0.25) is 0 Å². The van der Waals surface area contributed by atoms with Crippen LogP contribution in [0.3, 0.4) is 0 Å². The van der Waals surface area contributed by atoms with Crippen molar-refractivity contribution in [1.29, 1.82) is 0 Å². The fourth-order valence-corrected chi connectivity index (χ4v) is 2.38. The predicted molar refractivity (Wildman–Crippen MR) is 43.4 cm³/mol. The predicted octanol–water partition coefficient (Wildman–Crippen LogP) is -2.94. The normalized spacial score (nSPS) is 10.0. The van der Waals surface area contributed by atoms with Gasteiger partial charge in [-0.1, -0.05) is 0 Å². The molecule has 1 rings (SSSR count). The quantitative estimate of drug-likeness (QED) is 0.466. The van der Waals surface area contributed by atoms with Crippen LogP contribution in [0.4, 0.5) is 0 Å². The van der Waals surface area contributed by atoms with E-state index < -0.39 is 0 Å². The summed E-state index contributed by atoms with van der Waals surface area (Å²) in [4.78, 5) is 4.22. The van der Waals surface area contributed by atoms with E-state index in [1.165, 1.54) is 3.71 Å². The molecule has 0 amide bonds. The summed E-state index contributed by atoms with van der Waals surface area (Å²) in [7, 11) is 0. The first-order valence-corrected chi connectivity index (χ1v) is 8.40. The molecule has 8 heavy (non-hydrogen) atoms. The zero-order valence-corrected chi connectivity index (χ0v) is 16.6. The number of pyridine rings is 1. The van der Waals surface area contributed by atoms with E-state index in [4.69, 9.17) is 0 Å². The monoisotopic (exact) mass is 323 g/mol. The van der Waals surface area contributed by atoms with Gasteiger partial charge in [0.25, 0.3) is 0 Å². The first kappa shape index (κ1) is 6.86. The van der Waals surface area contributed by atoms with E-state index in [1.807, 2.05) is 12.3 Å². The van der Waals surface area contributed by atoms with Crippen molar-refractivity contribution in [2.24, 2.45) is 0 Å². The summed E-state index contributed by atoms with van der Waals surface area (Å²) in [5.41, 5.74) is 0. The molecule has 0 atom stereocenters. The van der Waals surface area contributed by atoms with Crippen molar-refractivity contribution in [3.8, 4) is 0 Å². The molecule has 42 valence electrons. The van der Waals surface area contributed by atoms with Gasteiger partial charge >= 0.3 is 75.7 Å². The summed E-state index contributed by atoms with van der Waals surface area (Å²) >= 11 is 1.32. The van der Waals surface area contributed by atoms with Gasteiger partial charge in [0, 0.05) is 0 Å². The molecule has 0 unspecified atom stereocenters. The second-order valence-corrected chi connectivity index (χ2v) is 7.68. The Kier molecular flexibility index (Phi) is 2.62. The summed E-state index contributed by atoms with van der Waals surface area (Å²) in [6, 6.07) is 4.24. The van der Waals surface area contributed by atoms with Gasteiger partial charge < -0.3 is 0 Å².